The van der Waals surface area contributed by atoms with Gasteiger partial charge in [0, 0.05) is 0 Å². The van der Waals surface area contributed by atoms with Crippen LogP contribution in [0.2, 0.25) is 5.15 Å². The molecular weight excluding hydrogens is 204 g/mol. The molecule has 0 saturated carbocycles. The van der Waals surface area contributed by atoms with Crippen LogP contribution in [0.1, 0.15) is 18.2 Å². The Balaban J connectivity index is 2.79. The van der Waals surface area contributed by atoms with E-state index < -0.39 is 12.2 Å². The molecule has 5 heteroatoms. The highest BCUT2D eigenvalue weighted by atomic mass is 35.5. The van der Waals surface area contributed by atoms with Gasteiger partial charge in [0.2, 0.25) is 0 Å². The second kappa shape index (κ2) is 4.91. The molecule has 1 aromatic rings. The standard InChI is InChI=1S/C9H9ClN2O2/c10-8-3-1-2-6(12-8)9(14)7(13)4-5-11/h1-3,7,9,13-14H,4H2. The second-order valence-corrected chi connectivity index (χ2v) is 3.15. The van der Waals surface area contributed by atoms with Gasteiger partial charge in [0.25, 0.3) is 0 Å². The Morgan fingerprint density at radius 3 is 2.79 bits per heavy atom. The van der Waals surface area contributed by atoms with Crippen molar-refractivity contribution >= 4 is 11.6 Å². The Kier molecular flexibility index (Phi) is 3.84. The molecule has 0 radical (unpaired) electrons. The number of aliphatic hydroxyl groups excluding tert-OH is 2. The van der Waals surface area contributed by atoms with Gasteiger partial charge >= 0.3 is 0 Å². The molecule has 2 N–H and O–H groups in total. The number of halogens is 1. The molecule has 0 saturated heterocycles. The van der Waals surface area contributed by atoms with Gasteiger partial charge in [-0.25, -0.2) is 4.98 Å². The third-order valence-electron chi connectivity index (χ3n) is 1.70. The van der Waals surface area contributed by atoms with Crippen molar-refractivity contribution in [1.29, 1.82) is 5.26 Å². The lowest BCUT2D eigenvalue weighted by molar-refractivity contribution is 0.0190. The fourth-order valence-electron chi connectivity index (χ4n) is 0.991. The van der Waals surface area contributed by atoms with E-state index in [0.717, 1.165) is 0 Å². The van der Waals surface area contributed by atoms with Gasteiger partial charge in [-0.05, 0) is 12.1 Å². The first-order chi connectivity index (χ1) is 6.65. The zero-order chi connectivity index (χ0) is 10.6. The fourth-order valence-corrected chi connectivity index (χ4v) is 1.16. The van der Waals surface area contributed by atoms with Crippen molar-refractivity contribution in [2.75, 3.05) is 0 Å². The predicted molar refractivity (Wildman–Crippen MR) is 50.4 cm³/mol. The van der Waals surface area contributed by atoms with E-state index in [1.54, 1.807) is 18.2 Å². The maximum Gasteiger partial charge on any atom is 0.129 e. The topological polar surface area (TPSA) is 77.1 Å². The van der Waals surface area contributed by atoms with Crippen molar-refractivity contribution in [2.45, 2.75) is 18.6 Å². The highest BCUT2D eigenvalue weighted by Gasteiger charge is 2.19. The molecule has 0 aliphatic carbocycles. The second-order valence-electron chi connectivity index (χ2n) is 2.76. The van der Waals surface area contributed by atoms with Gasteiger partial charge in [0.1, 0.15) is 11.3 Å². The van der Waals surface area contributed by atoms with Gasteiger partial charge in [0.15, 0.2) is 0 Å². The smallest absolute Gasteiger partial charge is 0.129 e. The molecule has 0 aromatic carbocycles. The van der Waals surface area contributed by atoms with Crippen molar-refractivity contribution in [3.63, 3.8) is 0 Å². The van der Waals surface area contributed by atoms with Crippen molar-refractivity contribution < 1.29 is 10.2 Å². The molecule has 4 nitrogen and oxygen atoms in total. The van der Waals surface area contributed by atoms with Crippen molar-refractivity contribution in [1.82, 2.24) is 4.98 Å². The molecule has 1 rings (SSSR count). The maximum absolute atomic E-state index is 9.52. The molecule has 0 fully saturated rings. The van der Waals surface area contributed by atoms with Crippen molar-refractivity contribution in [3.05, 3.63) is 29.0 Å². The highest BCUT2D eigenvalue weighted by Crippen LogP contribution is 2.18. The quantitative estimate of drug-likeness (QED) is 0.734. The van der Waals surface area contributed by atoms with Crippen LogP contribution >= 0.6 is 11.6 Å². The zero-order valence-electron chi connectivity index (χ0n) is 7.26. The van der Waals surface area contributed by atoms with E-state index in [0.29, 0.717) is 0 Å². The van der Waals surface area contributed by atoms with Gasteiger partial charge in [-0.3, -0.25) is 0 Å². The summed E-state index contributed by atoms with van der Waals surface area (Å²) in [4.78, 5) is 3.82. The molecule has 0 aliphatic heterocycles. The average Bonchev–Trinajstić information content (AvgIpc) is 2.17. The number of aromatic nitrogens is 1. The SMILES string of the molecule is N#CCC(O)C(O)c1cccc(Cl)n1. The Labute approximate surface area is 86.4 Å². The molecule has 1 aromatic heterocycles. The lowest BCUT2D eigenvalue weighted by Gasteiger charge is -2.14. The summed E-state index contributed by atoms with van der Waals surface area (Å²) in [5.41, 5.74) is 0.264. The summed E-state index contributed by atoms with van der Waals surface area (Å²) in [6.45, 7) is 0. The molecular formula is C9H9ClN2O2. The minimum atomic E-state index is -1.17. The maximum atomic E-state index is 9.52. The molecule has 2 atom stereocenters. The number of rotatable bonds is 3. The summed E-state index contributed by atoms with van der Waals surface area (Å²) < 4.78 is 0. The van der Waals surface area contributed by atoms with E-state index in [4.69, 9.17) is 16.9 Å². The Morgan fingerprint density at radius 1 is 1.50 bits per heavy atom. The number of nitriles is 1. The molecule has 14 heavy (non-hydrogen) atoms. The third-order valence-corrected chi connectivity index (χ3v) is 1.92. The molecule has 2 unspecified atom stereocenters. The lowest BCUT2D eigenvalue weighted by Crippen LogP contribution is -2.18. The Hall–Kier alpha value is -1.15. The minimum Gasteiger partial charge on any atom is -0.389 e. The third kappa shape index (κ3) is 2.67. The first-order valence-electron chi connectivity index (χ1n) is 4.00. The first-order valence-corrected chi connectivity index (χ1v) is 4.38. The first kappa shape index (κ1) is 10.9. The van der Waals surface area contributed by atoms with E-state index in [1.807, 2.05) is 0 Å². The van der Waals surface area contributed by atoms with Crippen LogP contribution in [0.25, 0.3) is 0 Å². The van der Waals surface area contributed by atoms with Gasteiger partial charge in [0.05, 0.1) is 24.3 Å². The Bertz CT molecular complexity index is 351. The Morgan fingerprint density at radius 2 is 2.21 bits per heavy atom. The molecule has 0 amide bonds. The normalized spacial score (nSPS) is 14.4. The van der Waals surface area contributed by atoms with E-state index in [9.17, 15) is 10.2 Å². The van der Waals surface area contributed by atoms with Crippen LogP contribution in [0.4, 0.5) is 0 Å². The predicted octanol–water partition coefficient (Wildman–Crippen LogP) is 1.04. The largest absolute Gasteiger partial charge is 0.389 e. The summed E-state index contributed by atoms with van der Waals surface area (Å²) in [5.74, 6) is 0. The summed E-state index contributed by atoms with van der Waals surface area (Å²) in [7, 11) is 0. The zero-order valence-corrected chi connectivity index (χ0v) is 8.02. The minimum absolute atomic E-state index is 0.143. The van der Waals surface area contributed by atoms with Crippen molar-refractivity contribution in [3.8, 4) is 6.07 Å². The van der Waals surface area contributed by atoms with Crippen LogP contribution < -0.4 is 0 Å². The van der Waals surface area contributed by atoms with Crippen LogP contribution in [0.5, 0.6) is 0 Å². The number of aliphatic hydroxyl groups is 2. The summed E-state index contributed by atoms with van der Waals surface area (Å²) >= 11 is 5.60. The van der Waals surface area contributed by atoms with Crippen LogP contribution in [0, 0.1) is 11.3 Å². The van der Waals surface area contributed by atoms with Crippen LogP contribution in [-0.4, -0.2) is 21.3 Å². The lowest BCUT2D eigenvalue weighted by atomic mass is 10.1. The number of pyridine rings is 1. The van der Waals surface area contributed by atoms with E-state index in [2.05, 4.69) is 4.98 Å². The van der Waals surface area contributed by atoms with Crippen LogP contribution in [0.15, 0.2) is 18.2 Å². The highest BCUT2D eigenvalue weighted by molar-refractivity contribution is 6.29. The molecule has 0 bridgehead atoms. The summed E-state index contributed by atoms with van der Waals surface area (Å²) in [5, 5.41) is 27.4. The van der Waals surface area contributed by atoms with E-state index in [1.165, 1.54) is 6.07 Å². The van der Waals surface area contributed by atoms with Gasteiger partial charge in [-0.1, -0.05) is 17.7 Å². The number of hydrogen-bond donors (Lipinski definition) is 2. The molecule has 1 heterocycles. The monoisotopic (exact) mass is 212 g/mol. The van der Waals surface area contributed by atoms with Crippen LogP contribution in [0.3, 0.4) is 0 Å². The average molecular weight is 213 g/mol. The molecule has 74 valence electrons. The number of nitrogens with zero attached hydrogens (tertiary/aromatic N) is 2. The summed E-state index contributed by atoms with van der Waals surface area (Å²) in [6.07, 6.45) is -2.45. The molecule has 0 aliphatic rings. The van der Waals surface area contributed by atoms with Crippen LogP contribution in [-0.2, 0) is 0 Å². The fraction of sp³-hybridized carbons (Fsp3) is 0.333. The van der Waals surface area contributed by atoms with Crippen molar-refractivity contribution in [2.24, 2.45) is 0 Å². The summed E-state index contributed by atoms with van der Waals surface area (Å²) in [6, 6.07) is 6.48. The van der Waals surface area contributed by atoms with Gasteiger partial charge in [-0.15, -0.1) is 0 Å². The van der Waals surface area contributed by atoms with E-state index >= 15 is 0 Å². The number of hydrogen-bond acceptors (Lipinski definition) is 4. The van der Waals surface area contributed by atoms with E-state index in [-0.39, 0.29) is 17.3 Å². The van der Waals surface area contributed by atoms with Gasteiger partial charge in [-0.2, -0.15) is 5.26 Å². The molecule has 0 spiro atoms. The van der Waals surface area contributed by atoms with Gasteiger partial charge < -0.3 is 10.2 Å².